The van der Waals surface area contributed by atoms with Crippen LogP contribution in [0.3, 0.4) is 0 Å². The lowest BCUT2D eigenvalue weighted by Gasteiger charge is -2.21. The number of ether oxygens (including phenoxy) is 1. The van der Waals surface area contributed by atoms with Crippen molar-refractivity contribution >= 4 is 22.9 Å². The van der Waals surface area contributed by atoms with E-state index in [0.29, 0.717) is 30.0 Å². The van der Waals surface area contributed by atoms with Gasteiger partial charge in [-0.05, 0) is 44.7 Å². The Morgan fingerprint density at radius 3 is 2.71 bits per heavy atom. The van der Waals surface area contributed by atoms with Crippen molar-refractivity contribution < 1.29 is 14.3 Å². The van der Waals surface area contributed by atoms with E-state index in [1.54, 1.807) is 16.7 Å². The first-order valence-corrected chi connectivity index (χ1v) is 9.94. The van der Waals surface area contributed by atoms with E-state index in [-0.39, 0.29) is 18.1 Å². The lowest BCUT2D eigenvalue weighted by molar-refractivity contribution is -0.124. The summed E-state index contributed by atoms with van der Waals surface area (Å²) >= 11 is 0. The quantitative estimate of drug-likeness (QED) is 0.772. The van der Waals surface area contributed by atoms with Gasteiger partial charge < -0.3 is 14.6 Å². The summed E-state index contributed by atoms with van der Waals surface area (Å²) in [6.45, 7) is 4.52. The summed E-state index contributed by atoms with van der Waals surface area (Å²) in [5.74, 6) is -0.628. The van der Waals surface area contributed by atoms with Crippen molar-refractivity contribution in [2.75, 3.05) is 13.2 Å². The van der Waals surface area contributed by atoms with Gasteiger partial charge in [0, 0.05) is 25.0 Å². The average Bonchev–Trinajstić information content (AvgIpc) is 2.71. The van der Waals surface area contributed by atoms with Crippen LogP contribution in [0.5, 0.6) is 0 Å². The summed E-state index contributed by atoms with van der Waals surface area (Å²) < 4.78 is 6.84. The van der Waals surface area contributed by atoms with E-state index in [2.05, 4.69) is 10.3 Å². The molecule has 7 nitrogen and oxygen atoms in total. The van der Waals surface area contributed by atoms with E-state index in [0.717, 1.165) is 18.5 Å². The van der Waals surface area contributed by atoms with Crippen LogP contribution in [-0.4, -0.2) is 34.6 Å². The van der Waals surface area contributed by atoms with Crippen LogP contribution in [0.2, 0.25) is 0 Å². The molecule has 1 fully saturated rings. The number of hydrogen-bond acceptors (Lipinski definition) is 5. The first-order chi connectivity index (χ1) is 13.5. The molecule has 0 unspecified atom stereocenters. The highest BCUT2D eigenvalue weighted by atomic mass is 16.5. The van der Waals surface area contributed by atoms with Crippen LogP contribution in [0.15, 0.2) is 23.1 Å². The first-order valence-electron chi connectivity index (χ1n) is 9.94. The molecule has 0 atom stereocenters. The van der Waals surface area contributed by atoms with Crippen molar-refractivity contribution in [2.45, 2.75) is 52.5 Å². The first kappa shape index (κ1) is 20.0. The molecule has 3 rings (SSSR count). The Labute approximate surface area is 164 Å². The van der Waals surface area contributed by atoms with Gasteiger partial charge in [-0.2, -0.15) is 0 Å². The summed E-state index contributed by atoms with van der Waals surface area (Å²) in [6, 6.07) is 3.40. The maximum Gasteiger partial charge on any atom is 0.344 e. The van der Waals surface area contributed by atoms with Gasteiger partial charge in [-0.25, -0.2) is 9.78 Å². The molecule has 1 amide bonds. The second-order valence-electron chi connectivity index (χ2n) is 7.37. The molecular formula is C21H27N3O4. The summed E-state index contributed by atoms with van der Waals surface area (Å²) in [5.41, 5.74) is 0.813. The Morgan fingerprint density at radius 1 is 1.25 bits per heavy atom. The van der Waals surface area contributed by atoms with E-state index >= 15 is 0 Å². The van der Waals surface area contributed by atoms with Gasteiger partial charge in [0.05, 0.1) is 5.39 Å². The lowest BCUT2D eigenvalue weighted by atomic mass is 9.89. The van der Waals surface area contributed by atoms with Crippen molar-refractivity contribution in [1.29, 1.82) is 0 Å². The minimum atomic E-state index is -0.789. The molecule has 1 N–H and O–H groups in total. The standard InChI is InChI=1S/C21H27N3O4/c1-3-24-12-17(19(26)16-10-9-14(2)23-20(16)24)21(27)28-13-18(25)22-11-15-7-5-4-6-8-15/h9-10,12,15H,3-8,11,13H2,1-2H3,(H,22,25). The highest BCUT2D eigenvalue weighted by Crippen LogP contribution is 2.22. The van der Waals surface area contributed by atoms with Crippen molar-refractivity contribution in [3.8, 4) is 0 Å². The van der Waals surface area contributed by atoms with Gasteiger partial charge in [0.15, 0.2) is 6.61 Å². The monoisotopic (exact) mass is 385 g/mol. The van der Waals surface area contributed by atoms with E-state index in [9.17, 15) is 14.4 Å². The van der Waals surface area contributed by atoms with E-state index < -0.39 is 11.4 Å². The van der Waals surface area contributed by atoms with Crippen molar-refractivity contribution in [1.82, 2.24) is 14.9 Å². The molecule has 1 aliphatic carbocycles. The Bertz CT molecular complexity index is 929. The Kier molecular flexibility index (Phi) is 6.44. The SMILES string of the molecule is CCn1cc(C(=O)OCC(=O)NCC2CCCCC2)c(=O)c2ccc(C)nc21. The molecule has 7 heteroatoms. The van der Waals surface area contributed by atoms with Crippen molar-refractivity contribution in [2.24, 2.45) is 5.92 Å². The third kappa shape index (κ3) is 4.58. The van der Waals surface area contributed by atoms with Crippen LogP contribution in [0, 0.1) is 12.8 Å². The topological polar surface area (TPSA) is 90.3 Å². The molecule has 0 aromatic carbocycles. The van der Waals surface area contributed by atoms with Gasteiger partial charge in [-0.15, -0.1) is 0 Å². The maximum atomic E-state index is 12.7. The second-order valence-corrected chi connectivity index (χ2v) is 7.37. The number of amides is 1. The predicted octanol–water partition coefficient (Wildman–Crippen LogP) is 2.58. The average molecular weight is 385 g/mol. The molecule has 2 aromatic rings. The van der Waals surface area contributed by atoms with Gasteiger partial charge >= 0.3 is 5.97 Å². The number of esters is 1. The molecule has 0 radical (unpaired) electrons. The number of rotatable bonds is 6. The molecule has 28 heavy (non-hydrogen) atoms. The molecule has 1 aliphatic rings. The minimum Gasteiger partial charge on any atom is -0.452 e. The van der Waals surface area contributed by atoms with E-state index in [4.69, 9.17) is 4.74 Å². The fourth-order valence-corrected chi connectivity index (χ4v) is 3.66. The fourth-order valence-electron chi connectivity index (χ4n) is 3.66. The number of nitrogens with zero attached hydrogens (tertiary/aromatic N) is 2. The molecule has 0 bridgehead atoms. The van der Waals surface area contributed by atoms with E-state index in [1.165, 1.54) is 25.5 Å². The third-order valence-corrected chi connectivity index (χ3v) is 5.27. The molecule has 0 saturated heterocycles. The molecule has 2 aromatic heterocycles. The highest BCUT2D eigenvalue weighted by Gasteiger charge is 2.19. The summed E-state index contributed by atoms with van der Waals surface area (Å²) in [5, 5.41) is 3.19. The molecule has 0 spiro atoms. The second kappa shape index (κ2) is 8.99. The molecule has 2 heterocycles. The number of carbonyl (C=O) groups is 2. The Morgan fingerprint density at radius 2 is 2.00 bits per heavy atom. The number of aromatic nitrogens is 2. The smallest absolute Gasteiger partial charge is 0.344 e. The number of nitrogens with one attached hydrogen (secondary N) is 1. The zero-order valence-electron chi connectivity index (χ0n) is 16.5. The molecular weight excluding hydrogens is 358 g/mol. The van der Waals surface area contributed by atoms with E-state index in [1.807, 2.05) is 13.8 Å². The van der Waals surface area contributed by atoms with Gasteiger partial charge in [-0.3, -0.25) is 9.59 Å². The van der Waals surface area contributed by atoms with Crippen molar-refractivity contribution in [3.63, 3.8) is 0 Å². The Balaban J connectivity index is 1.66. The fraction of sp³-hybridized carbons (Fsp3) is 0.524. The number of pyridine rings is 2. The summed E-state index contributed by atoms with van der Waals surface area (Å²) in [6.07, 6.45) is 7.38. The maximum absolute atomic E-state index is 12.7. The number of hydrogen-bond donors (Lipinski definition) is 1. The zero-order chi connectivity index (χ0) is 20.1. The summed E-state index contributed by atoms with van der Waals surface area (Å²) in [4.78, 5) is 41.5. The van der Waals surface area contributed by atoms with Crippen LogP contribution in [-0.2, 0) is 16.1 Å². The van der Waals surface area contributed by atoms with Crippen LogP contribution < -0.4 is 10.7 Å². The zero-order valence-corrected chi connectivity index (χ0v) is 16.5. The van der Waals surface area contributed by atoms with Gasteiger partial charge in [0.1, 0.15) is 11.2 Å². The predicted molar refractivity (Wildman–Crippen MR) is 106 cm³/mol. The number of carbonyl (C=O) groups excluding carboxylic acids is 2. The molecule has 0 aliphatic heterocycles. The lowest BCUT2D eigenvalue weighted by Crippen LogP contribution is -2.34. The van der Waals surface area contributed by atoms with Gasteiger partial charge in [-0.1, -0.05) is 19.3 Å². The van der Waals surface area contributed by atoms with Crippen LogP contribution >= 0.6 is 0 Å². The van der Waals surface area contributed by atoms with Gasteiger partial charge in [0.25, 0.3) is 5.91 Å². The highest BCUT2D eigenvalue weighted by molar-refractivity contribution is 5.94. The summed E-state index contributed by atoms with van der Waals surface area (Å²) in [7, 11) is 0. The van der Waals surface area contributed by atoms with Crippen LogP contribution in [0.1, 0.15) is 55.1 Å². The largest absolute Gasteiger partial charge is 0.452 e. The normalized spacial score (nSPS) is 14.8. The number of fused-ring (bicyclic) bond motifs is 1. The van der Waals surface area contributed by atoms with Crippen molar-refractivity contribution in [3.05, 3.63) is 39.8 Å². The number of aryl methyl sites for hydroxylation is 2. The molecule has 1 saturated carbocycles. The van der Waals surface area contributed by atoms with Crippen LogP contribution in [0.4, 0.5) is 0 Å². The Hall–Kier alpha value is -2.70. The van der Waals surface area contributed by atoms with Crippen LogP contribution in [0.25, 0.3) is 11.0 Å². The molecule has 150 valence electrons. The third-order valence-electron chi connectivity index (χ3n) is 5.27. The minimum absolute atomic E-state index is 0.0833. The van der Waals surface area contributed by atoms with Gasteiger partial charge in [0.2, 0.25) is 5.43 Å².